The van der Waals surface area contributed by atoms with Crippen molar-refractivity contribution in [1.29, 1.82) is 0 Å². The lowest BCUT2D eigenvalue weighted by Crippen LogP contribution is -2.42. The molecule has 3 heterocycles. The number of rotatable bonds is 5. The Hall–Kier alpha value is -1.33. The molecule has 1 atom stereocenters. The molecule has 0 aliphatic carbocycles. The first-order chi connectivity index (χ1) is 11.2. The highest BCUT2D eigenvalue weighted by molar-refractivity contribution is 5.80. The van der Waals surface area contributed by atoms with E-state index in [9.17, 15) is 4.79 Å². The van der Waals surface area contributed by atoms with E-state index < -0.39 is 0 Å². The summed E-state index contributed by atoms with van der Waals surface area (Å²) in [6.07, 6.45) is 5.09. The second-order valence-electron chi connectivity index (χ2n) is 6.83. The zero-order valence-corrected chi connectivity index (χ0v) is 14.1. The maximum absolute atomic E-state index is 12.1. The van der Waals surface area contributed by atoms with E-state index in [1.54, 1.807) is 0 Å². The fourth-order valence-corrected chi connectivity index (χ4v) is 3.45. The number of likely N-dealkylation sites (tertiary alicyclic amines) is 1. The summed E-state index contributed by atoms with van der Waals surface area (Å²) in [5, 5.41) is 3.09. The van der Waals surface area contributed by atoms with Gasteiger partial charge in [-0.15, -0.1) is 0 Å². The number of nitrogens with zero attached hydrogens (tertiary/aromatic N) is 1. The Kier molecular flexibility index (Phi) is 5.73. The van der Waals surface area contributed by atoms with Gasteiger partial charge in [0.05, 0.1) is 6.54 Å². The summed E-state index contributed by atoms with van der Waals surface area (Å²) in [6.45, 7) is 6.52. The van der Waals surface area contributed by atoms with Crippen molar-refractivity contribution in [3.05, 3.63) is 23.7 Å². The van der Waals surface area contributed by atoms with E-state index in [0.29, 0.717) is 5.92 Å². The quantitative estimate of drug-likeness (QED) is 0.905. The number of ether oxygens (including phenoxy) is 1. The molecule has 1 aromatic rings. The molecule has 0 aromatic carbocycles. The van der Waals surface area contributed by atoms with Crippen LogP contribution in [0.5, 0.6) is 0 Å². The molecule has 2 saturated heterocycles. The van der Waals surface area contributed by atoms with Crippen LogP contribution in [0.15, 0.2) is 16.5 Å². The summed E-state index contributed by atoms with van der Waals surface area (Å²) < 4.78 is 11.2. The molecule has 0 spiro atoms. The second-order valence-corrected chi connectivity index (χ2v) is 6.83. The molecule has 128 valence electrons. The minimum absolute atomic E-state index is 0.0817. The van der Waals surface area contributed by atoms with Crippen LogP contribution in [0.1, 0.15) is 43.6 Å². The van der Waals surface area contributed by atoms with Crippen LogP contribution >= 0.6 is 0 Å². The number of hydrogen-bond acceptors (Lipinski definition) is 4. The number of aryl methyl sites for hydroxylation is 1. The summed E-state index contributed by atoms with van der Waals surface area (Å²) >= 11 is 0. The number of carbonyl (C=O) groups is 1. The van der Waals surface area contributed by atoms with E-state index in [4.69, 9.17) is 9.15 Å². The molecular weight excluding hydrogens is 292 g/mol. The largest absolute Gasteiger partial charge is 0.465 e. The molecule has 1 amide bonds. The molecule has 1 aromatic heterocycles. The highest BCUT2D eigenvalue weighted by atomic mass is 16.5. The number of carbonyl (C=O) groups excluding carboxylic acids is 1. The standard InChI is InChI=1S/C18H28N2O3/c1-14-5-6-16(23-14)13-20-9-7-15(8-10-20)12-19-18(21)17-4-2-3-11-22-17/h5-6,15,17H,2-4,7-13H2,1H3,(H,19,21)/t17-/m1/s1. The number of piperidine rings is 1. The molecule has 0 unspecified atom stereocenters. The Morgan fingerprint density at radius 3 is 2.74 bits per heavy atom. The topological polar surface area (TPSA) is 54.7 Å². The van der Waals surface area contributed by atoms with Crippen molar-refractivity contribution in [3.8, 4) is 0 Å². The molecule has 2 aliphatic heterocycles. The Bertz CT molecular complexity index is 500. The van der Waals surface area contributed by atoms with Gasteiger partial charge < -0.3 is 14.5 Å². The van der Waals surface area contributed by atoms with Gasteiger partial charge in [0.1, 0.15) is 17.6 Å². The molecule has 3 rings (SSSR count). The Morgan fingerprint density at radius 2 is 2.09 bits per heavy atom. The Morgan fingerprint density at radius 1 is 1.26 bits per heavy atom. The van der Waals surface area contributed by atoms with Gasteiger partial charge in [-0.25, -0.2) is 0 Å². The van der Waals surface area contributed by atoms with E-state index in [1.165, 1.54) is 0 Å². The van der Waals surface area contributed by atoms with E-state index in [2.05, 4.69) is 16.3 Å². The van der Waals surface area contributed by atoms with Gasteiger partial charge in [-0.2, -0.15) is 0 Å². The van der Waals surface area contributed by atoms with Crippen LogP contribution in [-0.2, 0) is 16.1 Å². The average molecular weight is 320 g/mol. The average Bonchev–Trinajstić information content (AvgIpc) is 2.99. The van der Waals surface area contributed by atoms with Crippen molar-refractivity contribution in [1.82, 2.24) is 10.2 Å². The molecule has 5 nitrogen and oxygen atoms in total. The van der Waals surface area contributed by atoms with E-state index in [1.807, 2.05) is 13.0 Å². The lowest BCUT2D eigenvalue weighted by Gasteiger charge is -2.31. The SMILES string of the molecule is Cc1ccc(CN2CCC(CNC(=O)[C@H]3CCCCO3)CC2)o1. The molecule has 0 saturated carbocycles. The summed E-state index contributed by atoms with van der Waals surface area (Å²) in [5.74, 6) is 2.68. The molecular formula is C18H28N2O3. The van der Waals surface area contributed by atoms with Crippen LogP contribution in [0.2, 0.25) is 0 Å². The molecule has 2 aliphatic rings. The first-order valence-corrected chi connectivity index (χ1v) is 8.87. The van der Waals surface area contributed by atoms with Crippen LogP contribution in [0, 0.1) is 12.8 Å². The third-order valence-corrected chi connectivity index (χ3v) is 4.92. The van der Waals surface area contributed by atoms with Gasteiger partial charge >= 0.3 is 0 Å². The van der Waals surface area contributed by atoms with Crippen LogP contribution in [-0.4, -0.2) is 43.2 Å². The molecule has 2 fully saturated rings. The van der Waals surface area contributed by atoms with Gasteiger partial charge in [0.25, 0.3) is 0 Å². The van der Waals surface area contributed by atoms with Gasteiger partial charge in [-0.3, -0.25) is 9.69 Å². The highest BCUT2D eigenvalue weighted by Crippen LogP contribution is 2.20. The summed E-state index contributed by atoms with van der Waals surface area (Å²) in [6, 6.07) is 4.08. The lowest BCUT2D eigenvalue weighted by molar-refractivity contribution is -0.135. The fourth-order valence-electron chi connectivity index (χ4n) is 3.45. The molecule has 0 radical (unpaired) electrons. The van der Waals surface area contributed by atoms with Crippen molar-refractivity contribution in [2.75, 3.05) is 26.2 Å². The minimum Gasteiger partial charge on any atom is -0.465 e. The maximum Gasteiger partial charge on any atom is 0.249 e. The first-order valence-electron chi connectivity index (χ1n) is 8.87. The summed E-state index contributed by atoms with van der Waals surface area (Å²) in [5.41, 5.74) is 0. The van der Waals surface area contributed by atoms with Crippen LogP contribution < -0.4 is 5.32 Å². The predicted molar refractivity (Wildman–Crippen MR) is 88.0 cm³/mol. The second kappa shape index (κ2) is 7.97. The number of nitrogens with one attached hydrogen (secondary N) is 1. The van der Waals surface area contributed by atoms with Crippen LogP contribution in [0.3, 0.4) is 0 Å². The van der Waals surface area contributed by atoms with Gasteiger partial charge in [-0.1, -0.05) is 0 Å². The van der Waals surface area contributed by atoms with Crippen molar-refractivity contribution in [2.24, 2.45) is 5.92 Å². The summed E-state index contributed by atoms with van der Waals surface area (Å²) in [7, 11) is 0. The smallest absolute Gasteiger partial charge is 0.249 e. The van der Waals surface area contributed by atoms with Crippen molar-refractivity contribution >= 4 is 5.91 Å². The molecule has 5 heteroatoms. The van der Waals surface area contributed by atoms with E-state index >= 15 is 0 Å². The summed E-state index contributed by atoms with van der Waals surface area (Å²) in [4.78, 5) is 14.5. The number of hydrogen-bond donors (Lipinski definition) is 1. The third kappa shape index (κ3) is 4.82. The van der Waals surface area contributed by atoms with Gasteiger partial charge in [0, 0.05) is 13.2 Å². The Balaban J connectivity index is 1.35. The predicted octanol–water partition coefficient (Wildman–Crippen LogP) is 2.49. The monoisotopic (exact) mass is 320 g/mol. The molecule has 1 N–H and O–H groups in total. The van der Waals surface area contributed by atoms with Crippen molar-refractivity contribution < 1.29 is 13.9 Å². The van der Waals surface area contributed by atoms with Gasteiger partial charge in [-0.05, 0) is 70.2 Å². The zero-order valence-electron chi connectivity index (χ0n) is 14.1. The minimum atomic E-state index is -0.217. The van der Waals surface area contributed by atoms with E-state index in [-0.39, 0.29) is 12.0 Å². The first kappa shape index (κ1) is 16.5. The number of furan rings is 1. The van der Waals surface area contributed by atoms with Crippen LogP contribution in [0.25, 0.3) is 0 Å². The van der Waals surface area contributed by atoms with Gasteiger partial charge in [0.2, 0.25) is 5.91 Å². The molecule has 23 heavy (non-hydrogen) atoms. The van der Waals surface area contributed by atoms with Gasteiger partial charge in [0.15, 0.2) is 0 Å². The third-order valence-electron chi connectivity index (χ3n) is 4.92. The Labute approximate surface area is 138 Å². The van der Waals surface area contributed by atoms with Crippen LogP contribution in [0.4, 0.5) is 0 Å². The normalized spacial score (nSPS) is 23.8. The highest BCUT2D eigenvalue weighted by Gasteiger charge is 2.24. The van der Waals surface area contributed by atoms with Crippen molar-refractivity contribution in [2.45, 2.75) is 51.7 Å². The van der Waals surface area contributed by atoms with Crippen molar-refractivity contribution in [3.63, 3.8) is 0 Å². The molecule has 0 bridgehead atoms. The fraction of sp³-hybridized carbons (Fsp3) is 0.722. The maximum atomic E-state index is 12.1. The number of amides is 1. The lowest BCUT2D eigenvalue weighted by atomic mass is 9.96. The van der Waals surface area contributed by atoms with E-state index in [0.717, 1.165) is 76.4 Å². The zero-order chi connectivity index (χ0) is 16.1.